The van der Waals surface area contributed by atoms with Gasteiger partial charge in [-0.15, -0.1) is 0 Å². The molecule has 0 spiro atoms. The highest BCUT2D eigenvalue weighted by Gasteiger charge is 2.17. The highest BCUT2D eigenvalue weighted by molar-refractivity contribution is 7.98. The van der Waals surface area contributed by atoms with Crippen LogP contribution in [0.25, 0.3) is 16.5 Å². The third-order valence-electron chi connectivity index (χ3n) is 5.32. The summed E-state index contributed by atoms with van der Waals surface area (Å²) in [4.78, 5) is 17.8. The predicted octanol–water partition coefficient (Wildman–Crippen LogP) is 5.50. The number of nitrogens with one attached hydrogen (secondary N) is 1. The first-order valence-electron chi connectivity index (χ1n) is 9.96. The third-order valence-corrected chi connectivity index (χ3v) is 6.41. The second-order valence-corrected chi connectivity index (χ2v) is 8.31. The quantitative estimate of drug-likeness (QED) is 0.541. The van der Waals surface area contributed by atoms with Gasteiger partial charge in [-0.2, -0.15) is 11.8 Å². The molecule has 2 heterocycles. The summed E-state index contributed by atoms with van der Waals surface area (Å²) >= 11 is 1.91. The van der Waals surface area contributed by atoms with Crippen molar-refractivity contribution in [3.05, 3.63) is 78.0 Å². The van der Waals surface area contributed by atoms with E-state index in [1.807, 2.05) is 22.7 Å². The van der Waals surface area contributed by atoms with E-state index in [1.165, 1.54) is 27.6 Å². The van der Waals surface area contributed by atoms with Crippen molar-refractivity contribution in [3.63, 3.8) is 0 Å². The zero-order chi connectivity index (χ0) is 19.2. The molecule has 1 aliphatic rings. The van der Waals surface area contributed by atoms with Gasteiger partial charge in [0.05, 0.1) is 0 Å². The van der Waals surface area contributed by atoms with Crippen molar-refractivity contribution in [3.8, 4) is 0 Å². The summed E-state index contributed by atoms with van der Waals surface area (Å²) in [6, 6.07) is 18.9. The van der Waals surface area contributed by atoms with Gasteiger partial charge in [0.1, 0.15) is 0 Å². The molecule has 0 radical (unpaired) electrons. The first-order valence-corrected chi connectivity index (χ1v) is 11.1. The maximum Gasteiger partial charge on any atom is 0.222 e. The Morgan fingerprint density at radius 1 is 1.07 bits per heavy atom. The number of hydrogen-bond acceptors (Lipinski definition) is 2. The summed E-state index contributed by atoms with van der Waals surface area (Å²) in [7, 11) is 0. The Kier molecular flexibility index (Phi) is 6.17. The van der Waals surface area contributed by atoms with Crippen LogP contribution in [-0.2, 0) is 10.5 Å². The molecule has 0 aliphatic carbocycles. The molecule has 1 amide bonds. The van der Waals surface area contributed by atoms with Crippen molar-refractivity contribution in [2.75, 3.05) is 18.8 Å². The highest BCUT2D eigenvalue weighted by Crippen LogP contribution is 2.24. The van der Waals surface area contributed by atoms with E-state index >= 15 is 0 Å². The number of carbonyl (C=O) groups is 1. The number of nitrogens with zero attached hydrogens (tertiary/aromatic N) is 1. The zero-order valence-corrected chi connectivity index (χ0v) is 16.9. The minimum absolute atomic E-state index is 0.288. The molecule has 3 aromatic rings. The molecule has 0 fully saturated rings. The normalized spacial score (nSPS) is 14.3. The fraction of sp³-hybridized carbons (Fsp3) is 0.292. The minimum atomic E-state index is 0.288. The van der Waals surface area contributed by atoms with Gasteiger partial charge in [0, 0.05) is 42.4 Å². The summed E-state index contributed by atoms with van der Waals surface area (Å²) in [6.07, 6.45) is 6.85. The Labute approximate surface area is 170 Å². The number of thioether (sulfide) groups is 1. The largest absolute Gasteiger partial charge is 0.361 e. The van der Waals surface area contributed by atoms with Gasteiger partial charge in [-0.1, -0.05) is 54.6 Å². The summed E-state index contributed by atoms with van der Waals surface area (Å²) in [6.45, 7) is 1.58. The first-order chi connectivity index (χ1) is 13.8. The molecule has 1 N–H and O–H groups in total. The molecule has 4 rings (SSSR count). The van der Waals surface area contributed by atoms with Crippen LogP contribution in [0.5, 0.6) is 0 Å². The van der Waals surface area contributed by atoms with Crippen LogP contribution < -0.4 is 0 Å². The van der Waals surface area contributed by atoms with Gasteiger partial charge in [-0.3, -0.25) is 4.79 Å². The monoisotopic (exact) mass is 390 g/mol. The standard InChI is InChI=1S/C24H26N2OS/c27-24(26-14-12-20(13-15-26)19-7-2-1-3-8-19)11-6-16-28-18-21-17-25-23-10-5-4-9-22(21)23/h1-5,7-10,12,17,25H,6,11,13-16,18H2. The van der Waals surface area contributed by atoms with Crippen molar-refractivity contribution >= 4 is 34.1 Å². The van der Waals surface area contributed by atoms with E-state index < -0.39 is 0 Å². The van der Waals surface area contributed by atoms with Gasteiger partial charge in [-0.05, 0) is 41.4 Å². The van der Waals surface area contributed by atoms with Crippen LogP contribution in [0.2, 0.25) is 0 Å². The number of para-hydroxylation sites is 1. The smallest absolute Gasteiger partial charge is 0.222 e. The van der Waals surface area contributed by atoms with E-state index in [2.05, 4.69) is 65.8 Å². The molecule has 144 valence electrons. The van der Waals surface area contributed by atoms with Crippen molar-refractivity contribution < 1.29 is 4.79 Å². The molecule has 4 heteroatoms. The number of amides is 1. The van der Waals surface area contributed by atoms with Gasteiger partial charge in [-0.25, -0.2) is 0 Å². The summed E-state index contributed by atoms with van der Waals surface area (Å²) in [5.41, 5.74) is 5.19. The van der Waals surface area contributed by atoms with E-state index in [9.17, 15) is 4.79 Å². The van der Waals surface area contributed by atoms with Crippen LogP contribution in [0.3, 0.4) is 0 Å². The Hall–Kier alpha value is -2.46. The SMILES string of the molecule is O=C(CCCSCc1c[nH]c2ccccc12)N1CC=C(c2ccccc2)CC1. The third kappa shape index (κ3) is 4.50. The lowest BCUT2D eigenvalue weighted by Gasteiger charge is -2.26. The van der Waals surface area contributed by atoms with Gasteiger partial charge in [0.2, 0.25) is 5.91 Å². The van der Waals surface area contributed by atoms with E-state index in [0.29, 0.717) is 6.42 Å². The van der Waals surface area contributed by atoms with Crippen LogP contribution in [0.1, 0.15) is 30.4 Å². The van der Waals surface area contributed by atoms with Crippen molar-refractivity contribution in [1.82, 2.24) is 9.88 Å². The molecule has 0 unspecified atom stereocenters. The second kappa shape index (κ2) is 9.16. The van der Waals surface area contributed by atoms with E-state index in [4.69, 9.17) is 0 Å². The lowest BCUT2D eigenvalue weighted by molar-refractivity contribution is -0.130. The molecule has 0 bridgehead atoms. The summed E-state index contributed by atoms with van der Waals surface area (Å²) in [5, 5.41) is 1.31. The van der Waals surface area contributed by atoms with Crippen LogP contribution in [0.15, 0.2) is 66.9 Å². The number of rotatable bonds is 7. The molecule has 2 aromatic carbocycles. The first kappa shape index (κ1) is 18.9. The number of aromatic amines is 1. The lowest BCUT2D eigenvalue weighted by atomic mass is 9.99. The van der Waals surface area contributed by atoms with Gasteiger partial charge in [0.15, 0.2) is 0 Å². The second-order valence-electron chi connectivity index (χ2n) is 7.20. The zero-order valence-electron chi connectivity index (χ0n) is 16.1. The summed E-state index contributed by atoms with van der Waals surface area (Å²) in [5.74, 6) is 2.30. The van der Waals surface area contributed by atoms with Crippen LogP contribution in [-0.4, -0.2) is 34.6 Å². The highest BCUT2D eigenvalue weighted by atomic mass is 32.2. The number of hydrogen-bond donors (Lipinski definition) is 1. The molecule has 0 saturated heterocycles. The average Bonchev–Trinajstić information content (AvgIpc) is 3.17. The van der Waals surface area contributed by atoms with Gasteiger partial charge in [0.25, 0.3) is 0 Å². The van der Waals surface area contributed by atoms with Gasteiger partial charge >= 0.3 is 0 Å². The Morgan fingerprint density at radius 3 is 2.71 bits per heavy atom. The lowest BCUT2D eigenvalue weighted by Crippen LogP contribution is -2.34. The van der Waals surface area contributed by atoms with E-state index in [-0.39, 0.29) is 5.91 Å². The molecule has 0 saturated carbocycles. The number of carbonyl (C=O) groups excluding carboxylic acids is 1. The van der Waals surface area contributed by atoms with Gasteiger partial charge < -0.3 is 9.88 Å². The Balaban J connectivity index is 1.19. The van der Waals surface area contributed by atoms with E-state index in [0.717, 1.165) is 37.4 Å². The predicted molar refractivity (Wildman–Crippen MR) is 119 cm³/mol. The minimum Gasteiger partial charge on any atom is -0.361 e. The van der Waals surface area contributed by atoms with Crippen molar-refractivity contribution in [1.29, 1.82) is 0 Å². The van der Waals surface area contributed by atoms with Crippen molar-refractivity contribution in [2.24, 2.45) is 0 Å². The average molecular weight is 391 g/mol. The molecular formula is C24H26N2OS. The Morgan fingerprint density at radius 2 is 1.89 bits per heavy atom. The fourth-order valence-corrected chi connectivity index (χ4v) is 4.68. The maximum atomic E-state index is 12.5. The van der Waals surface area contributed by atoms with E-state index in [1.54, 1.807) is 0 Å². The number of fused-ring (bicyclic) bond motifs is 1. The molecular weight excluding hydrogens is 364 g/mol. The number of benzene rings is 2. The maximum absolute atomic E-state index is 12.5. The molecule has 0 atom stereocenters. The summed E-state index contributed by atoms with van der Waals surface area (Å²) < 4.78 is 0. The Bertz CT molecular complexity index is 961. The van der Waals surface area contributed by atoms with Crippen LogP contribution >= 0.6 is 11.8 Å². The number of H-pyrrole nitrogens is 1. The fourth-order valence-electron chi connectivity index (χ4n) is 3.73. The van der Waals surface area contributed by atoms with Crippen molar-refractivity contribution in [2.45, 2.75) is 25.0 Å². The van der Waals surface area contributed by atoms with Crippen LogP contribution in [0.4, 0.5) is 0 Å². The number of aromatic nitrogens is 1. The molecule has 1 aliphatic heterocycles. The van der Waals surface area contributed by atoms with Crippen LogP contribution in [0, 0.1) is 0 Å². The molecule has 3 nitrogen and oxygen atoms in total. The molecule has 28 heavy (non-hydrogen) atoms. The topological polar surface area (TPSA) is 36.1 Å². The molecule has 1 aromatic heterocycles.